The van der Waals surface area contributed by atoms with Crippen LogP contribution in [0.25, 0.3) is 0 Å². The number of ether oxygens (including phenoxy) is 12. The van der Waals surface area contributed by atoms with Crippen molar-refractivity contribution < 1.29 is 129 Å². The highest BCUT2D eigenvalue weighted by atomic mass is 16.7. The standard InChI is InChI=1S/C74H123N7O27/c1-14-57(91)41-76-63(94)29-15-16-31-64(95)81(35-25-33-75-62(93)30-19-23-39-98-73-67(78-49(6)83)46(3)70(104-55(12)89)60(107-73)43-101-52(9)86)37-26-36-80(65(96)32-20-24-40-99-74-68(79-50(7)84)47(4)71(105-56(13)90)61(108-74)44-102-53(10)87)34-21-17-27-58(92)28-18-22-38-97-72-66(77-48(5)82)45(2)69(103-54(11)88)59(106-72)42-100-51(8)85/h45-47,57,59-61,66-74,91H,14-44H2,1-13H3,(H,75,93)(H,76,94)(H,77,82)(H,78,83)(H,79,84)/t45-,46-,47-,57?,59?,60?,61?,66?,67?,68?,69-,70-,71-,72-,73-,74-/m1/s1. The van der Waals surface area contributed by atoms with Gasteiger partial charge in [-0.2, -0.15) is 0 Å². The molecule has 0 radical (unpaired) electrons. The Morgan fingerprint density at radius 3 is 1.06 bits per heavy atom. The number of esters is 6. The summed E-state index contributed by atoms with van der Waals surface area (Å²) in [5, 5.41) is 24.0. The van der Waals surface area contributed by atoms with E-state index in [9.17, 15) is 72.2 Å². The second-order valence-electron chi connectivity index (χ2n) is 27.9. The van der Waals surface area contributed by atoms with Crippen molar-refractivity contribution in [3.8, 4) is 0 Å². The van der Waals surface area contributed by atoms with Crippen LogP contribution in [0.3, 0.4) is 0 Å². The lowest BCUT2D eigenvalue weighted by molar-refractivity contribution is -0.262. The second kappa shape index (κ2) is 51.8. The molecule has 3 aliphatic rings. The number of ketones is 1. The predicted molar refractivity (Wildman–Crippen MR) is 384 cm³/mol. The molecule has 108 heavy (non-hydrogen) atoms. The van der Waals surface area contributed by atoms with E-state index in [1.807, 2.05) is 0 Å². The molecule has 616 valence electrons. The van der Waals surface area contributed by atoms with E-state index >= 15 is 0 Å². The van der Waals surface area contributed by atoms with Gasteiger partial charge >= 0.3 is 35.8 Å². The van der Waals surface area contributed by atoms with E-state index in [1.165, 1.54) is 62.3 Å². The number of amides is 7. The van der Waals surface area contributed by atoms with Crippen molar-refractivity contribution in [2.24, 2.45) is 17.8 Å². The first-order valence-corrected chi connectivity index (χ1v) is 38.0. The molecule has 7 unspecified atom stereocenters. The van der Waals surface area contributed by atoms with E-state index < -0.39 is 139 Å². The maximum absolute atomic E-state index is 14.3. The van der Waals surface area contributed by atoms with Crippen LogP contribution in [0.4, 0.5) is 0 Å². The number of aliphatic hydroxyl groups is 1. The molecule has 0 aromatic rings. The van der Waals surface area contributed by atoms with Gasteiger partial charge in [0.05, 0.1) is 24.2 Å². The van der Waals surface area contributed by atoms with Crippen molar-refractivity contribution in [1.29, 1.82) is 0 Å². The van der Waals surface area contributed by atoms with E-state index in [0.29, 0.717) is 83.5 Å². The number of unbranched alkanes of at least 4 members (excludes halogenated alkanes) is 5. The smallest absolute Gasteiger partial charge is 0.303 e. The molecule has 0 saturated carbocycles. The van der Waals surface area contributed by atoms with Crippen LogP contribution in [0.15, 0.2) is 0 Å². The third kappa shape index (κ3) is 37.7. The number of aliphatic hydroxyl groups excluding tert-OH is 1. The number of carbonyl (C=O) groups excluding carboxylic acids is 14. The van der Waals surface area contributed by atoms with Crippen LogP contribution in [0.5, 0.6) is 0 Å². The zero-order valence-electron chi connectivity index (χ0n) is 65.6. The minimum atomic E-state index is -1.05. The molecule has 6 N–H and O–H groups in total. The summed E-state index contributed by atoms with van der Waals surface area (Å²) in [5.41, 5.74) is 0. The van der Waals surface area contributed by atoms with Gasteiger partial charge in [0.25, 0.3) is 0 Å². The van der Waals surface area contributed by atoms with Crippen molar-refractivity contribution in [1.82, 2.24) is 36.4 Å². The molecular weight excluding hydrogens is 1420 g/mol. The van der Waals surface area contributed by atoms with Crippen LogP contribution >= 0.6 is 0 Å². The van der Waals surface area contributed by atoms with Crippen LogP contribution in [-0.2, 0) is 124 Å². The first kappa shape index (κ1) is 94.7. The van der Waals surface area contributed by atoms with Gasteiger partial charge < -0.3 is 98.3 Å². The molecule has 3 fully saturated rings. The number of rotatable bonds is 51. The summed E-state index contributed by atoms with van der Waals surface area (Å²) >= 11 is 0. The lowest BCUT2D eigenvalue weighted by Crippen LogP contribution is -2.62. The normalized spacial score (nSPS) is 24.1. The fourth-order valence-corrected chi connectivity index (χ4v) is 12.9. The summed E-state index contributed by atoms with van der Waals surface area (Å²) in [5.74, 6) is -7.06. The van der Waals surface area contributed by atoms with Crippen molar-refractivity contribution in [3.05, 3.63) is 0 Å². The largest absolute Gasteiger partial charge is 0.463 e. The molecule has 0 spiro atoms. The second-order valence-corrected chi connectivity index (χ2v) is 27.9. The lowest BCUT2D eigenvalue weighted by atomic mass is 9.88. The number of hydrogen-bond donors (Lipinski definition) is 6. The number of nitrogens with one attached hydrogen (secondary N) is 5. The monoisotopic (exact) mass is 1540 g/mol. The van der Waals surface area contributed by atoms with Gasteiger partial charge in [0.15, 0.2) is 18.9 Å². The molecule has 0 aromatic heterocycles. The van der Waals surface area contributed by atoms with E-state index in [2.05, 4.69) is 26.6 Å². The molecule has 3 heterocycles. The summed E-state index contributed by atoms with van der Waals surface area (Å²) in [6, 6.07) is -2.23. The van der Waals surface area contributed by atoms with Gasteiger partial charge in [-0.1, -0.05) is 27.7 Å². The lowest BCUT2D eigenvalue weighted by Gasteiger charge is -2.44. The average Bonchev–Trinajstić information content (AvgIpc) is 0.810. The SMILES string of the molecule is CCC(O)CNC(=O)CCCCC(=O)N(CCCNC(=O)CCCCO[C@@H]1OC(COC(C)=O)[C@H](OC(C)=O)[C@H](C)C1NC(C)=O)CCCN(CCCCC(=O)CCCCO[C@@H]1OC(COC(C)=O)[C@H](OC(C)=O)[C@H](C)C1NC(C)=O)C(=O)CCCCO[C@@H]1OC(COC(C)=O)[C@H](OC(C)=O)[C@H](C)C1NC(C)=O. The van der Waals surface area contributed by atoms with Gasteiger partial charge in [0, 0.05) is 178 Å². The van der Waals surface area contributed by atoms with Crippen LogP contribution in [-0.4, -0.2) is 256 Å². The molecule has 3 saturated heterocycles. The van der Waals surface area contributed by atoms with Crippen LogP contribution < -0.4 is 26.6 Å². The van der Waals surface area contributed by atoms with Crippen LogP contribution in [0.1, 0.15) is 212 Å². The number of Topliss-reactive ketones (excluding diaryl/α,β-unsaturated/α-hetero) is 1. The topological polar surface area (TPSA) is 437 Å². The zero-order chi connectivity index (χ0) is 80.4. The van der Waals surface area contributed by atoms with Gasteiger partial charge in [-0.05, 0) is 83.5 Å². The van der Waals surface area contributed by atoms with Crippen molar-refractivity contribution in [3.63, 3.8) is 0 Å². The van der Waals surface area contributed by atoms with E-state index in [1.54, 1.807) is 37.5 Å². The van der Waals surface area contributed by atoms with E-state index in [0.717, 1.165) is 0 Å². The quantitative estimate of drug-likeness (QED) is 0.0289. The van der Waals surface area contributed by atoms with Gasteiger partial charge in [-0.3, -0.25) is 67.1 Å². The molecule has 0 bridgehead atoms. The van der Waals surface area contributed by atoms with Crippen molar-refractivity contribution >= 4 is 82.9 Å². The summed E-state index contributed by atoms with van der Waals surface area (Å²) in [7, 11) is 0. The van der Waals surface area contributed by atoms with Crippen molar-refractivity contribution in [2.75, 3.05) is 78.9 Å². The highest BCUT2D eigenvalue weighted by molar-refractivity contribution is 5.79. The number of nitrogens with zero attached hydrogens (tertiary/aromatic N) is 2. The maximum Gasteiger partial charge on any atom is 0.303 e. The van der Waals surface area contributed by atoms with E-state index in [-0.39, 0.29) is 159 Å². The zero-order valence-corrected chi connectivity index (χ0v) is 65.6. The Hall–Kier alpha value is -7.50. The summed E-state index contributed by atoms with van der Waals surface area (Å²) in [4.78, 5) is 179. The third-order valence-electron chi connectivity index (χ3n) is 18.5. The van der Waals surface area contributed by atoms with Crippen LogP contribution in [0.2, 0.25) is 0 Å². The number of hydrogen-bond acceptors (Lipinski definition) is 27. The van der Waals surface area contributed by atoms with Crippen molar-refractivity contribution in [2.45, 2.75) is 292 Å². The Kier molecular flexibility index (Phi) is 45.4. The first-order valence-electron chi connectivity index (χ1n) is 38.0. The Bertz CT molecular complexity index is 2860. The fraction of sp³-hybridized carbons (Fsp3) is 0.811. The highest BCUT2D eigenvalue weighted by Gasteiger charge is 2.50. The number of carbonyl (C=O) groups is 14. The Morgan fingerprint density at radius 2 is 0.704 bits per heavy atom. The summed E-state index contributed by atoms with van der Waals surface area (Å²) in [6.07, 6.45) is -2.71. The van der Waals surface area contributed by atoms with E-state index in [4.69, 9.17) is 56.8 Å². The summed E-state index contributed by atoms with van der Waals surface area (Å²) < 4.78 is 69.0. The Labute approximate surface area is 634 Å². The minimum absolute atomic E-state index is 0.00779. The van der Waals surface area contributed by atoms with Gasteiger partial charge in [0.1, 0.15) is 62.2 Å². The van der Waals surface area contributed by atoms with Gasteiger partial charge in [-0.25, -0.2) is 0 Å². The molecule has 0 aliphatic carbocycles. The minimum Gasteiger partial charge on any atom is -0.463 e. The molecule has 16 atom stereocenters. The summed E-state index contributed by atoms with van der Waals surface area (Å²) in [6.45, 7) is 19.4. The fourth-order valence-electron chi connectivity index (χ4n) is 12.9. The molecule has 34 nitrogen and oxygen atoms in total. The molecule has 3 rings (SSSR count). The molecule has 0 aromatic carbocycles. The molecule has 34 heteroatoms. The third-order valence-corrected chi connectivity index (χ3v) is 18.5. The average molecular weight is 1540 g/mol. The molecule has 3 aliphatic heterocycles. The molecule has 7 amide bonds. The molecular formula is C74H123N7O27. The predicted octanol–water partition coefficient (Wildman–Crippen LogP) is 3.37. The Balaban J connectivity index is 1.72. The van der Waals surface area contributed by atoms with Crippen LogP contribution in [0, 0.1) is 17.8 Å². The van der Waals surface area contributed by atoms with Gasteiger partial charge in [0.2, 0.25) is 41.4 Å². The maximum atomic E-state index is 14.3. The van der Waals surface area contributed by atoms with Gasteiger partial charge in [-0.15, -0.1) is 0 Å². The Morgan fingerprint density at radius 1 is 0.389 bits per heavy atom. The highest BCUT2D eigenvalue weighted by Crippen LogP contribution is 2.33. The first-order chi connectivity index (χ1) is 51.2.